The van der Waals surface area contributed by atoms with E-state index >= 15 is 0 Å². The van der Waals surface area contributed by atoms with E-state index in [0.717, 1.165) is 41.4 Å². The minimum Gasteiger partial charge on any atom is -0.380 e. The Balaban J connectivity index is 1.60. The van der Waals surface area contributed by atoms with Gasteiger partial charge in [-0.05, 0) is 57.1 Å². The van der Waals surface area contributed by atoms with E-state index in [-0.39, 0.29) is 24.0 Å². The van der Waals surface area contributed by atoms with Gasteiger partial charge in [-0.3, -0.25) is 14.5 Å². The molecular formula is C28H34ClN7O3. The zero-order valence-corrected chi connectivity index (χ0v) is 23.5. The number of fused-ring (bicyclic) bond motifs is 1. The van der Waals surface area contributed by atoms with Gasteiger partial charge in [0.05, 0.1) is 27.9 Å². The van der Waals surface area contributed by atoms with Gasteiger partial charge in [-0.1, -0.05) is 36.5 Å². The van der Waals surface area contributed by atoms with Crippen molar-refractivity contribution in [3.63, 3.8) is 0 Å². The Bertz CT molecular complexity index is 1540. The molecule has 0 radical (unpaired) electrons. The van der Waals surface area contributed by atoms with Gasteiger partial charge in [-0.25, -0.2) is 14.8 Å². The second-order valence-corrected chi connectivity index (χ2v) is 11.6. The monoisotopic (exact) mass is 551 g/mol. The number of methoxy groups -OCH3 is 1. The molecule has 10 nitrogen and oxygen atoms in total. The van der Waals surface area contributed by atoms with Gasteiger partial charge in [0.2, 0.25) is 11.8 Å². The van der Waals surface area contributed by atoms with Crippen molar-refractivity contribution in [2.24, 2.45) is 11.8 Å². The number of pyridine rings is 2. The van der Waals surface area contributed by atoms with Crippen molar-refractivity contribution in [3.05, 3.63) is 40.1 Å². The number of nitrogens with one attached hydrogen (secondary N) is 1. The van der Waals surface area contributed by atoms with Crippen LogP contribution in [-0.2, 0) is 4.74 Å². The number of rotatable bonds is 6. The molecule has 3 atom stereocenters. The second kappa shape index (κ2) is 10.4. The van der Waals surface area contributed by atoms with Crippen molar-refractivity contribution in [1.29, 1.82) is 0 Å². The number of halogens is 1. The summed E-state index contributed by atoms with van der Waals surface area (Å²) < 4.78 is 12.9. The van der Waals surface area contributed by atoms with Crippen LogP contribution in [0.25, 0.3) is 33.8 Å². The highest BCUT2D eigenvalue weighted by atomic mass is 35.5. The highest BCUT2D eigenvalue weighted by Gasteiger charge is 2.36. The number of H-pyrrole nitrogens is 1. The normalized spacial score (nSPS) is 24.5. The molecule has 11 heteroatoms. The number of aromatic amines is 1. The minimum absolute atomic E-state index is 0.143. The third kappa shape index (κ3) is 4.84. The maximum atomic E-state index is 11.8. The Morgan fingerprint density at radius 3 is 2.62 bits per heavy atom. The third-order valence-electron chi connectivity index (χ3n) is 8.59. The van der Waals surface area contributed by atoms with Gasteiger partial charge in [-0.15, -0.1) is 0 Å². The van der Waals surface area contributed by atoms with E-state index in [1.807, 2.05) is 12.1 Å². The number of hydrogen-bond donors (Lipinski definition) is 1. The highest BCUT2D eigenvalue weighted by molar-refractivity contribution is 6.30. The first-order chi connectivity index (χ1) is 18.8. The summed E-state index contributed by atoms with van der Waals surface area (Å²) in [7, 11) is 1.77. The molecule has 4 aromatic heterocycles. The van der Waals surface area contributed by atoms with Gasteiger partial charge in [0.25, 0.3) is 0 Å². The molecule has 1 aliphatic carbocycles. The first-order valence-electron chi connectivity index (χ1n) is 13.7. The second-order valence-electron chi connectivity index (χ2n) is 11.2. The fraction of sp³-hybridized carbons (Fsp3) is 0.536. The fourth-order valence-corrected chi connectivity index (χ4v) is 6.49. The Hall–Kier alpha value is -3.24. The van der Waals surface area contributed by atoms with E-state index in [1.54, 1.807) is 19.5 Å². The molecule has 1 N–H and O–H groups in total. The molecule has 0 aromatic carbocycles. The Kier molecular flexibility index (Phi) is 6.93. The Morgan fingerprint density at radius 2 is 1.95 bits per heavy atom. The number of ether oxygens (including phenoxy) is 1. The molecule has 2 fully saturated rings. The number of imidazole rings is 1. The first kappa shape index (κ1) is 26.0. The SMILES string of the molecule is CO[C@H]1C[C@H](C)N(c2nc3cc(-c4noc(=O)[nH]4)nc(-c4cncc(Cl)c4)c3n2C(C)C2CCC(C)CC2)C1. The van der Waals surface area contributed by atoms with Crippen LogP contribution in [0.2, 0.25) is 5.02 Å². The van der Waals surface area contributed by atoms with Crippen molar-refractivity contribution in [1.82, 2.24) is 29.7 Å². The van der Waals surface area contributed by atoms with E-state index in [9.17, 15) is 4.79 Å². The van der Waals surface area contributed by atoms with Crippen molar-refractivity contribution >= 4 is 28.6 Å². The Labute approximate surface area is 231 Å². The quantitative estimate of drug-likeness (QED) is 0.334. The standard InChI is InChI=1S/C28H34ClN7O3/c1-15-5-7-18(8-6-15)17(3)36-25-22(32-27(36)35-14-21(38-4)9-16(35)2)11-23(26-33-28(37)39-34-26)31-24(25)19-10-20(29)13-30-12-19/h10-13,15-18,21H,5-9,14H2,1-4H3,(H,33,34,37)/t15?,16-,17?,18?,21-/m0/s1. The molecule has 206 valence electrons. The molecule has 0 bridgehead atoms. The molecular weight excluding hydrogens is 518 g/mol. The van der Waals surface area contributed by atoms with Crippen LogP contribution in [0, 0.1) is 11.8 Å². The molecule has 2 aliphatic rings. The number of aromatic nitrogens is 6. The lowest BCUT2D eigenvalue weighted by atomic mass is 9.79. The third-order valence-corrected chi connectivity index (χ3v) is 8.79. The van der Waals surface area contributed by atoms with Crippen LogP contribution in [0.4, 0.5) is 5.95 Å². The zero-order valence-electron chi connectivity index (χ0n) is 22.7. The highest BCUT2D eigenvalue weighted by Crippen LogP contribution is 2.43. The van der Waals surface area contributed by atoms with E-state index in [2.05, 4.69) is 45.4 Å². The summed E-state index contributed by atoms with van der Waals surface area (Å²) >= 11 is 6.39. The van der Waals surface area contributed by atoms with Gasteiger partial charge < -0.3 is 14.2 Å². The lowest BCUT2D eigenvalue weighted by Crippen LogP contribution is -2.32. The van der Waals surface area contributed by atoms with E-state index in [1.165, 1.54) is 25.7 Å². The van der Waals surface area contributed by atoms with Crippen LogP contribution in [0.3, 0.4) is 0 Å². The van der Waals surface area contributed by atoms with Crippen LogP contribution in [0.1, 0.15) is 58.9 Å². The predicted octanol–water partition coefficient (Wildman–Crippen LogP) is 5.49. The van der Waals surface area contributed by atoms with Gasteiger partial charge in [0.15, 0.2) is 0 Å². The number of hydrogen-bond acceptors (Lipinski definition) is 8. The van der Waals surface area contributed by atoms with E-state index in [0.29, 0.717) is 22.3 Å². The summed E-state index contributed by atoms with van der Waals surface area (Å²) in [6, 6.07) is 4.18. The molecule has 0 amide bonds. The lowest BCUT2D eigenvalue weighted by molar-refractivity contribution is 0.118. The Morgan fingerprint density at radius 1 is 1.15 bits per heavy atom. The fourth-order valence-electron chi connectivity index (χ4n) is 6.31. The molecule has 5 heterocycles. The lowest BCUT2D eigenvalue weighted by Gasteiger charge is -2.34. The van der Waals surface area contributed by atoms with Crippen LogP contribution >= 0.6 is 11.6 Å². The average molecular weight is 552 g/mol. The first-order valence-corrected chi connectivity index (χ1v) is 14.1. The largest absolute Gasteiger partial charge is 0.439 e. The van der Waals surface area contributed by atoms with E-state index < -0.39 is 5.76 Å². The molecule has 39 heavy (non-hydrogen) atoms. The minimum atomic E-state index is -0.638. The van der Waals surface area contributed by atoms with Gasteiger partial charge in [-0.2, -0.15) is 0 Å². The molecule has 1 aliphatic heterocycles. The topological polar surface area (TPSA) is 115 Å². The van der Waals surface area contributed by atoms with Gasteiger partial charge in [0, 0.05) is 43.7 Å². The van der Waals surface area contributed by atoms with Crippen LogP contribution in [-0.4, -0.2) is 55.5 Å². The zero-order chi connectivity index (χ0) is 27.3. The summed E-state index contributed by atoms with van der Waals surface area (Å²) in [6.45, 7) is 7.64. The maximum Gasteiger partial charge on any atom is 0.439 e. The van der Waals surface area contributed by atoms with Gasteiger partial charge in [0.1, 0.15) is 5.69 Å². The van der Waals surface area contributed by atoms with Crippen LogP contribution < -0.4 is 10.7 Å². The average Bonchev–Trinajstić information content (AvgIpc) is 3.64. The maximum absolute atomic E-state index is 11.8. The molecule has 1 unspecified atom stereocenters. The molecule has 1 saturated heterocycles. The van der Waals surface area contributed by atoms with Crippen molar-refractivity contribution < 1.29 is 9.26 Å². The van der Waals surface area contributed by atoms with Crippen molar-refractivity contribution in [2.45, 2.75) is 71.1 Å². The van der Waals surface area contributed by atoms with Crippen LogP contribution in [0.15, 0.2) is 33.8 Å². The van der Waals surface area contributed by atoms with E-state index in [4.69, 9.17) is 30.8 Å². The van der Waals surface area contributed by atoms with Crippen molar-refractivity contribution in [3.8, 4) is 22.8 Å². The van der Waals surface area contributed by atoms with Crippen molar-refractivity contribution in [2.75, 3.05) is 18.6 Å². The van der Waals surface area contributed by atoms with Gasteiger partial charge >= 0.3 is 5.76 Å². The predicted molar refractivity (Wildman–Crippen MR) is 150 cm³/mol. The number of nitrogens with zero attached hydrogens (tertiary/aromatic N) is 6. The molecule has 6 rings (SSSR count). The van der Waals surface area contributed by atoms with Crippen LogP contribution in [0.5, 0.6) is 0 Å². The smallest absolute Gasteiger partial charge is 0.380 e. The summed E-state index contributed by atoms with van der Waals surface area (Å²) in [5.74, 6) is 1.80. The molecule has 4 aromatic rings. The number of anilines is 1. The summed E-state index contributed by atoms with van der Waals surface area (Å²) in [6.07, 6.45) is 9.26. The summed E-state index contributed by atoms with van der Waals surface area (Å²) in [5.41, 5.74) is 3.59. The molecule has 1 saturated carbocycles. The molecule has 0 spiro atoms. The summed E-state index contributed by atoms with van der Waals surface area (Å²) in [5, 5.41) is 4.41. The summed E-state index contributed by atoms with van der Waals surface area (Å²) in [4.78, 5) is 31.3.